The van der Waals surface area contributed by atoms with Gasteiger partial charge >= 0.3 is 6.18 Å². The number of halogens is 3. The van der Waals surface area contributed by atoms with E-state index in [1.807, 2.05) is 0 Å². The number of aromatic nitrogens is 1. The summed E-state index contributed by atoms with van der Waals surface area (Å²) < 4.78 is 38.3. The number of rotatable bonds is 2. The Kier molecular flexibility index (Phi) is 2.76. The van der Waals surface area contributed by atoms with Crippen LogP contribution in [0.3, 0.4) is 0 Å². The quantitative estimate of drug-likeness (QED) is 0.897. The number of fused-ring (bicyclic) bond motifs is 1. The lowest BCUT2D eigenvalue weighted by Gasteiger charge is -2.16. The minimum absolute atomic E-state index is 0.000611. The molecule has 6 heteroatoms. The molecule has 1 aromatic rings. The highest BCUT2D eigenvalue weighted by atomic mass is 19.4. The molecular formula is C13H13F3N2O. The first-order valence-electron chi connectivity index (χ1n) is 6.28. The third-order valence-electron chi connectivity index (χ3n) is 3.91. The fourth-order valence-corrected chi connectivity index (χ4v) is 2.90. The van der Waals surface area contributed by atoms with Crippen LogP contribution < -0.4 is 5.32 Å². The van der Waals surface area contributed by atoms with Gasteiger partial charge in [-0.05, 0) is 43.2 Å². The molecule has 0 aliphatic heterocycles. The highest BCUT2D eigenvalue weighted by molar-refractivity contribution is 5.94. The summed E-state index contributed by atoms with van der Waals surface area (Å²) in [6.45, 7) is 0. The zero-order valence-corrected chi connectivity index (χ0v) is 10.1. The van der Waals surface area contributed by atoms with Gasteiger partial charge in [0.25, 0.3) is 5.91 Å². The van der Waals surface area contributed by atoms with Crippen LogP contribution in [-0.4, -0.2) is 16.9 Å². The van der Waals surface area contributed by atoms with Gasteiger partial charge in [0.2, 0.25) is 0 Å². The summed E-state index contributed by atoms with van der Waals surface area (Å²) in [6.07, 6.45) is -0.395. The molecule has 1 heterocycles. The molecule has 0 aromatic carbocycles. The summed E-state index contributed by atoms with van der Waals surface area (Å²) in [4.78, 5) is 15.5. The number of nitrogens with zero attached hydrogens (tertiary/aromatic N) is 1. The molecule has 0 saturated heterocycles. The van der Waals surface area contributed by atoms with Gasteiger partial charge in [0, 0.05) is 12.2 Å². The molecule has 19 heavy (non-hydrogen) atoms. The third kappa shape index (κ3) is 2.43. The van der Waals surface area contributed by atoms with E-state index in [1.165, 1.54) is 18.7 Å². The van der Waals surface area contributed by atoms with Crippen LogP contribution >= 0.6 is 0 Å². The van der Waals surface area contributed by atoms with E-state index in [1.54, 1.807) is 0 Å². The average Bonchev–Trinajstić information content (AvgIpc) is 2.96. The molecule has 3 rings (SSSR count). The molecule has 3 atom stereocenters. The maximum absolute atomic E-state index is 12.8. The predicted octanol–water partition coefficient (Wildman–Crippen LogP) is 2.63. The minimum Gasteiger partial charge on any atom is -0.348 e. The van der Waals surface area contributed by atoms with Crippen LogP contribution in [0.1, 0.15) is 35.3 Å². The summed E-state index contributed by atoms with van der Waals surface area (Å²) in [5.41, 5.74) is -1.51. The van der Waals surface area contributed by atoms with Gasteiger partial charge in [-0.15, -0.1) is 0 Å². The van der Waals surface area contributed by atoms with Crippen LogP contribution in [-0.2, 0) is 6.18 Å². The van der Waals surface area contributed by atoms with Crippen LogP contribution in [0.2, 0.25) is 0 Å². The lowest BCUT2D eigenvalue weighted by molar-refractivity contribution is -0.138. The first-order chi connectivity index (χ1) is 8.95. The molecule has 1 unspecified atom stereocenters. The van der Waals surface area contributed by atoms with E-state index < -0.39 is 23.3 Å². The number of pyridine rings is 1. The number of alkyl halides is 3. The van der Waals surface area contributed by atoms with E-state index in [2.05, 4.69) is 10.3 Å². The monoisotopic (exact) mass is 270 g/mol. The molecule has 1 amide bonds. The fourth-order valence-electron chi connectivity index (χ4n) is 2.90. The van der Waals surface area contributed by atoms with Crippen LogP contribution in [0, 0.1) is 11.8 Å². The summed E-state index contributed by atoms with van der Waals surface area (Å²) in [6, 6.07) is 2.07. The lowest BCUT2D eigenvalue weighted by Crippen LogP contribution is -2.35. The highest BCUT2D eigenvalue weighted by Gasteiger charge is 2.46. The maximum atomic E-state index is 12.8. The first-order valence-corrected chi connectivity index (χ1v) is 6.28. The maximum Gasteiger partial charge on any atom is 0.418 e. The molecule has 0 bridgehead atoms. The van der Waals surface area contributed by atoms with Crippen LogP contribution in [0.15, 0.2) is 18.3 Å². The van der Waals surface area contributed by atoms with Gasteiger partial charge in [-0.3, -0.25) is 9.78 Å². The zero-order valence-electron chi connectivity index (χ0n) is 10.1. The summed E-state index contributed by atoms with van der Waals surface area (Å²) >= 11 is 0. The fraction of sp³-hybridized carbons (Fsp3) is 0.538. The smallest absolute Gasteiger partial charge is 0.348 e. The molecule has 102 valence electrons. The van der Waals surface area contributed by atoms with E-state index in [4.69, 9.17) is 0 Å². The van der Waals surface area contributed by atoms with Crippen LogP contribution in [0.25, 0.3) is 0 Å². The van der Waals surface area contributed by atoms with Crippen molar-refractivity contribution in [2.75, 3.05) is 0 Å². The summed E-state index contributed by atoms with van der Waals surface area (Å²) in [5.74, 6) is 0.603. The second-order valence-corrected chi connectivity index (χ2v) is 5.29. The molecule has 1 N–H and O–H groups in total. The van der Waals surface area contributed by atoms with E-state index >= 15 is 0 Å². The zero-order chi connectivity index (χ0) is 13.6. The molecule has 2 saturated carbocycles. The van der Waals surface area contributed by atoms with E-state index in [-0.39, 0.29) is 6.04 Å². The van der Waals surface area contributed by atoms with Gasteiger partial charge < -0.3 is 5.32 Å². The molecule has 2 aliphatic rings. The van der Waals surface area contributed by atoms with Crippen molar-refractivity contribution in [2.24, 2.45) is 11.8 Å². The number of hydrogen-bond donors (Lipinski definition) is 1. The van der Waals surface area contributed by atoms with Crippen LogP contribution in [0.5, 0.6) is 0 Å². The Labute approximate surface area is 108 Å². The van der Waals surface area contributed by atoms with Gasteiger partial charge in [0.05, 0.1) is 5.56 Å². The Morgan fingerprint density at radius 2 is 1.95 bits per heavy atom. The SMILES string of the molecule is O=C(NC1C[C@@H]2C[C@@H]2C1)c1ncccc1C(F)(F)F. The van der Waals surface area contributed by atoms with E-state index in [0.717, 1.165) is 18.9 Å². The Morgan fingerprint density at radius 3 is 2.58 bits per heavy atom. The van der Waals surface area contributed by atoms with Crippen molar-refractivity contribution in [3.63, 3.8) is 0 Å². The van der Waals surface area contributed by atoms with Crippen molar-refractivity contribution >= 4 is 5.91 Å². The Hall–Kier alpha value is -1.59. The van der Waals surface area contributed by atoms with Crippen molar-refractivity contribution in [1.29, 1.82) is 0 Å². The van der Waals surface area contributed by atoms with E-state index in [0.29, 0.717) is 11.8 Å². The molecular weight excluding hydrogens is 257 g/mol. The Bertz CT molecular complexity index is 505. The van der Waals surface area contributed by atoms with Crippen molar-refractivity contribution in [1.82, 2.24) is 10.3 Å². The first kappa shape index (κ1) is 12.4. The third-order valence-corrected chi connectivity index (χ3v) is 3.91. The van der Waals surface area contributed by atoms with Crippen molar-refractivity contribution < 1.29 is 18.0 Å². The standard InChI is InChI=1S/C13H13F3N2O/c14-13(15,16)10-2-1-3-17-11(10)12(19)18-9-5-7-4-8(7)6-9/h1-3,7-9H,4-6H2,(H,18,19)/t7-,8+,9?. The topological polar surface area (TPSA) is 42.0 Å². The second-order valence-electron chi connectivity index (χ2n) is 5.29. The largest absolute Gasteiger partial charge is 0.418 e. The molecule has 0 radical (unpaired) electrons. The number of nitrogens with one attached hydrogen (secondary N) is 1. The van der Waals surface area contributed by atoms with E-state index in [9.17, 15) is 18.0 Å². The van der Waals surface area contributed by atoms with Crippen molar-refractivity contribution in [3.05, 3.63) is 29.6 Å². The highest BCUT2D eigenvalue weighted by Crippen LogP contribution is 2.51. The summed E-state index contributed by atoms with van der Waals surface area (Å²) in [7, 11) is 0. The minimum atomic E-state index is -4.56. The summed E-state index contributed by atoms with van der Waals surface area (Å²) in [5, 5.41) is 2.67. The second kappa shape index (κ2) is 4.21. The molecule has 2 fully saturated rings. The molecule has 1 aromatic heterocycles. The number of amides is 1. The van der Waals surface area contributed by atoms with Gasteiger partial charge in [-0.25, -0.2) is 0 Å². The number of carbonyl (C=O) groups is 1. The Balaban J connectivity index is 1.76. The normalized spacial score (nSPS) is 28.9. The van der Waals surface area contributed by atoms with Gasteiger partial charge in [0.15, 0.2) is 0 Å². The number of carbonyl (C=O) groups excluding carboxylic acids is 1. The average molecular weight is 270 g/mol. The lowest BCUT2D eigenvalue weighted by atomic mass is 10.1. The molecule has 2 aliphatic carbocycles. The predicted molar refractivity (Wildman–Crippen MR) is 61.3 cm³/mol. The van der Waals surface area contributed by atoms with Gasteiger partial charge in [-0.1, -0.05) is 0 Å². The van der Waals surface area contributed by atoms with Crippen molar-refractivity contribution in [3.8, 4) is 0 Å². The number of hydrogen-bond acceptors (Lipinski definition) is 2. The molecule has 0 spiro atoms. The molecule has 3 nitrogen and oxygen atoms in total. The van der Waals surface area contributed by atoms with Gasteiger partial charge in [-0.2, -0.15) is 13.2 Å². The van der Waals surface area contributed by atoms with Gasteiger partial charge in [0.1, 0.15) is 5.69 Å². The van der Waals surface area contributed by atoms with Crippen LogP contribution in [0.4, 0.5) is 13.2 Å². The Morgan fingerprint density at radius 1 is 1.26 bits per heavy atom. The van der Waals surface area contributed by atoms with Crippen molar-refractivity contribution in [2.45, 2.75) is 31.5 Å².